The van der Waals surface area contributed by atoms with Crippen LogP contribution in [0.5, 0.6) is 0 Å². The highest BCUT2D eigenvalue weighted by Crippen LogP contribution is 2.36. The van der Waals surface area contributed by atoms with Crippen molar-refractivity contribution >= 4 is 6.03 Å². The smallest absolute Gasteiger partial charge is 0.312 e. The van der Waals surface area contributed by atoms with Crippen LogP contribution in [0.2, 0.25) is 0 Å². The molecule has 1 rings (SSSR count). The molecular formula is C9H18N2O2. The summed E-state index contributed by atoms with van der Waals surface area (Å²) < 4.78 is 5.78. The van der Waals surface area contributed by atoms with E-state index in [-0.39, 0.29) is 17.2 Å². The maximum atomic E-state index is 10.7. The summed E-state index contributed by atoms with van der Waals surface area (Å²) >= 11 is 0. The van der Waals surface area contributed by atoms with Crippen molar-refractivity contribution in [3.8, 4) is 0 Å². The minimum atomic E-state index is -0.487. The largest absolute Gasteiger partial charge is 0.367 e. The van der Waals surface area contributed by atoms with E-state index in [4.69, 9.17) is 10.5 Å². The van der Waals surface area contributed by atoms with Crippen LogP contribution in [0.4, 0.5) is 4.79 Å². The lowest BCUT2D eigenvalue weighted by Crippen LogP contribution is -2.48. The molecule has 0 radical (unpaired) electrons. The highest BCUT2D eigenvalue weighted by atomic mass is 16.5. The van der Waals surface area contributed by atoms with Gasteiger partial charge in [0.05, 0.1) is 17.2 Å². The third-order valence-electron chi connectivity index (χ3n) is 2.39. The van der Waals surface area contributed by atoms with Crippen LogP contribution in [0.3, 0.4) is 0 Å². The number of carbonyl (C=O) groups excluding carboxylic acids is 1. The van der Waals surface area contributed by atoms with Gasteiger partial charge in [-0.25, -0.2) is 4.79 Å². The molecule has 1 aliphatic heterocycles. The zero-order chi connectivity index (χ0) is 10.3. The summed E-state index contributed by atoms with van der Waals surface area (Å²) in [5, 5.41) is 2.70. The van der Waals surface area contributed by atoms with E-state index in [2.05, 4.69) is 5.32 Å². The fraction of sp³-hybridized carbons (Fsp3) is 0.889. The number of amides is 2. The minimum absolute atomic E-state index is 0.000000000000000444. The molecule has 1 atom stereocenters. The number of nitrogens with two attached hydrogens (primary N) is 1. The fourth-order valence-corrected chi connectivity index (χ4v) is 1.96. The van der Waals surface area contributed by atoms with Crippen LogP contribution in [-0.4, -0.2) is 23.3 Å². The quantitative estimate of drug-likeness (QED) is 0.641. The van der Waals surface area contributed by atoms with Crippen LogP contribution in [0.15, 0.2) is 0 Å². The molecule has 1 saturated heterocycles. The van der Waals surface area contributed by atoms with Gasteiger partial charge in [0.25, 0.3) is 0 Å². The molecule has 0 aromatic heterocycles. The van der Waals surface area contributed by atoms with Gasteiger partial charge in [-0.3, -0.25) is 0 Å². The van der Waals surface area contributed by atoms with Crippen LogP contribution in [-0.2, 0) is 4.74 Å². The molecule has 1 aliphatic rings. The lowest BCUT2D eigenvalue weighted by atomic mass is 9.95. The summed E-state index contributed by atoms with van der Waals surface area (Å²) in [6.07, 6.45) is 0.795. The number of ether oxygens (including phenoxy) is 1. The van der Waals surface area contributed by atoms with Gasteiger partial charge in [0.2, 0.25) is 0 Å². The van der Waals surface area contributed by atoms with Crippen LogP contribution in [0.1, 0.15) is 34.1 Å². The Morgan fingerprint density at radius 2 is 2.00 bits per heavy atom. The number of rotatable bonds is 1. The fourth-order valence-electron chi connectivity index (χ4n) is 1.96. The van der Waals surface area contributed by atoms with Crippen LogP contribution < -0.4 is 11.1 Å². The third-order valence-corrected chi connectivity index (χ3v) is 2.39. The van der Waals surface area contributed by atoms with Gasteiger partial charge in [0, 0.05) is 0 Å². The Kier molecular flexibility index (Phi) is 2.28. The monoisotopic (exact) mass is 186 g/mol. The Bertz CT molecular complexity index is 224. The van der Waals surface area contributed by atoms with Crippen molar-refractivity contribution in [2.45, 2.75) is 51.4 Å². The summed E-state index contributed by atoms with van der Waals surface area (Å²) in [4.78, 5) is 10.7. The molecule has 13 heavy (non-hydrogen) atoms. The lowest BCUT2D eigenvalue weighted by Gasteiger charge is -2.27. The first-order valence-electron chi connectivity index (χ1n) is 4.49. The number of hydrogen-bond donors (Lipinski definition) is 2. The second kappa shape index (κ2) is 2.87. The number of nitrogens with one attached hydrogen (secondary N) is 1. The summed E-state index contributed by atoms with van der Waals surface area (Å²) in [5.41, 5.74) is 4.56. The lowest BCUT2D eigenvalue weighted by molar-refractivity contribution is -0.0690. The first-order chi connectivity index (χ1) is 5.73. The van der Waals surface area contributed by atoms with Gasteiger partial charge in [-0.1, -0.05) is 0 Å². The van der Waals surface area contributed by atoms with E-state index in [1.165, 1.54) is 0 Å². The second-order valence-electron chi connectivity index (χ2n) is 4.73. The van der Waals surface area contributed by atoms with Gasteiger partial charge in [-0.15, -0.1) is 0 Å². The Balaban J connectivity index is 2.70. The average Bonchev–Trinajstić information content (AvgIpc) is 1.98. The highest BCUT2D eigenvalue weighted by molar-refractivity contribution is 5.72. The minimum Gasteiger partial charge on any atom is -0.367 e. The van der Waals surface area contributed by atoms with Gasteiger partial charge in [0.15, 0.2) is 0 Å². The zero-order valence-corrected chi connectivity index (χ0v) is 8.68. The number of hydrogen-bond acceptors (Lipinski definition) is 2. The Hall–Kier alpha value is -0.770. The molecule has 4 heteroatoms. The number of carbonyl (C=O) groups is 1. The van der Waals surface area contributed by atoms with Crippen LogP contribution in [0.25, 0.3) is 0 Å². The van der Waals surface area contributed by atoms with E-state index < -0.39 is 6.03 Å². The zero-order valence-electron chi connectivity index (χ0n) is 8.68. The van der Waals surface area contributed by atoms with Crippen molar-refractivity contribution < 1.29 is 9.53 Å². The molecule has 4 nitrogen and oxygen atoms in total. The van der Waals surface area contributed by atoms with Crippen molar-refractivity contribution in [2.24, 2.45) is 5.73 Å². The SMILES string of the molecule is CC1(C)CC(NC(N)=O)C(C)(C)O1. The van der Waals surface area contributed by atoms with E-state index in [1.807, 2.05) is 27.7 Å². The molecule has 0 aromatic carbocycles. The summed E-state index contributed by atoms with van der Waals surface area (Å²) in [5.74, 6) is 0. The van der Waals surface area contributed by atoms with Crippen molar-refractivity contribution in [2.75, 3.05) is 0 Å². The van der Waals surface area contributed by atoms with Gasteiger partial charge < -0.3 is 15.8 Å². The Morgan fingerprint density at radius 1 is 1.46 bits per heavy atom. The average molecular weight is 186 g/mol. The van der Waals surface area contributed by atoms with Crippen molar-refractivity contribution in [3.05, 3.63) is 0 Å². The van der Waals surface area contributed by atoms with E-state index in [0.717, 1.165) is 6.42 Å². The standard InChI is InChI=1S/C9H18N2O2/c1-8(2)5-6(11-7(10)12)9(3,4)13-8/h6H,5H2,1-4H3,(H3,10,11,12). The van der Waals surface area contributed by atoms with Gasteiger partial charge in [-0.05, 0) is 34.1 Å². The number of urea groups is 1. The van der Waals surface area contributed by atoms with E-state index >= 15 is 0 Å². The van der Waals surface area contributed by atoms with E-state index in [1.54, 1.807) is 0 Å². The van der Waals surface area contributed by atoms with Crippen LogP contribution >= 0.6 is 0 Å². The first kappa shape index (κ1) is 10.3. The molecule has 0 aromatic rings. The molecule has 0 spiro atoms. The topological polar surface area (TPSA) is 64.3 Å². The summed E-state index contributed by atoms with van der Waals surface area (Å²) in [6.45, 7) is 7.94. The summed E-state index contributed by atoms with van der Waals surface area (Å²) in [7, 11) is 0. The molecule has 1 unspecified atom stereocenters. The summed E-state index contributed by atoms with van der Waals surface area (Å²) in [6, 6.07) is -0.487. The molecule has 76 valence electrons. The van der Waals surface area contributed by atoms with Crippen LogP contribution in [0, 0.1) is 0 Å². The second-order valence-corrected chi connectivity index (χ2v) is 4.73. The molecule has 1 heterocycles. The Labute approximate surface area is 78.8 Å². The molecule has 2 amide bonds. The predicted octanol–water partition coefficient (Wildman–Crippen LogP) is 1.00. The third kappa shape index (κ3) is 2.34. The van der Waals surface area contributed by atoms with Crippen molar-refractivity contribution in [1.82, 2.24) is 5.32 Å². The van der Waals surface area contributed by atoms with Crippen molar-refractivity contribution in [3.63, 3.8) is 0 Å². The molecule has 0 saturated carbocycles. The molecular weight excluding hydrogens is 168 g/mol. The molecule has 0 aliphatic carbocycles. The van der Waals surface area contributed by atoms with Gasteiger partial charge in [-0.2, -0.15) is 0 Å². The van der Waals surface area contributed by atoms with Gasteiger partial charge in [0.1, 0.15) is 0 Å². The normalized spacial score (nSPS) is 30.0. The van der Waals surface area contributed by atoms with Gasteiger partial charge >= 0.3 is 6.03 Å². The maximum absolute atomic E-state index is 10.7. The number of primary amides is 1. The molecule has 3 N–H and O–H groups in total. The first-order valence-corrected chi connectivity index (χ1v) is 4.49. The van der Waals surface area contributed by atoms with E-state index in [0.29, 0.717) is 0 Å². The highest BCUT2D eigenvalue weighted by Gasteiger charge is 2.46. The maximum Gasteiger partial charge on any atom is 0.312 e. The van der Waals surface area contributed by atoms with Crippen molar-refractivity contribution in [1.29, 1.82) is 0 Å². The molecule has 0 bridgehead atoms. The Morgan fingerprint density at radius 3 is 2.31 bits per heavy atom. The van der Waals surface area contributed by atoms with E-state index in [9.17, 15) is 4.79 Å². The predicted molar refractivity (Wildman–Crippen MR) is 50.4 cm³/mol. The molecule has 1 fully saturated rings.